The third-order valence-corrected chi connectivity index (χ3v) is 1.22. The second-order valence-corrected chi connectivity index (χ2v) is 2.28. The molecule has 0 aromatic rings. The highest BCUT2D eigenvalue weighted by atomic mass is 15.1. The van der Waals surface area contributed by atoms with Crippen molar-refractivity contribution in [3.8, 4) is 0 Å². The fourth-order valence-corrected chi connectivity index (χ4v) is 0.870. The second kappa shape index (κ2) is 2.46. The summed E-state index contributed by atoms with van der Waals surface area (Å²) < 4.78 is 15.0. The van der Waals surface area contributed by atoms with Gasteiger partial charge in [-0.25, -0.2) is 0 Å². The van der Waals surface area contributed by atoms with Gasteiger partial charge in [0.2, 0.25) is 0 Å². The Hall–Kier alpha value is -0.0800. The van der Waals surface area contributed by atoms with Gasteiger partial charge >= 0.3 is 0 Å². The molecule has 3 atom stereocenters. The summed E-state index contributed by atoms with van der Waals surface area (Å²) in [5.74, 6) is 0. The van der Waals surface area contributed by atoms with Crippen LogP contribution in [-0.2, 0) is 0 Å². The summed E-state index contributed by atoms with van der Waals surface area (Å²) >= 11 is 0. The maximum Gasteiger partial charge on any atom is 0.0475 e. The van der Waals surface area contributed by atoms with Crippen molar-refractivity contribution in [2.45, 2.75) is 25.9 Å². The third kappa shape index (κ3) is 1.46. The SMILES string of the molecule is [2H]C1NCC(C)NC1([2H])C. The van der Waals surface area contributed by atoms with Crippen LogP contribution in [0.4, 0.5) is 0 Å². The first-order valence-corrected chi connectivity index (χ1v) is 2.96. The van der Waals surface area contributed by atoms with Crippen molar-refractivity contribution in [3.63, 3.8) is 0 Å². The predicted octanol–water partition coefficient (Wildman–Crippen LogP) is -0.0438. The van der Waals surface area contributed by atoms with Gasteiger partial charge in [-0.15, -0.1) is 0 Å². The number of hydrogen-bond donors (Lipinski definition) is 2. The first-order valence-electron chi connectivity index (χ1n) is 4.03. The van der Waals surface area contributed by atoms with Crippen molar-refractivity contribution in [3.05, 3.63) is 0 Å². The zero-order valence-electron chi connectivity index (χ0n) is 7.36. The Bertz CT molecular complexity index is 127. The van der Waals surface area contributed by atoms with Crippen molar-refractivity contribution in [1.82, 2.24) is 10.6 Å². The highest BCUT2D eigenvalue weighted by molar-refractivity contribution is 4.76. The molecule has 0 spiro atoms. The Morgan fingerprint density at radius 2 is 2.50 bits per heavy atom. The molecule has 2 N–H and O–H groups in total. The smallest absolute Gasteiger partial charge is 0.0475 e. The molecule has 3 unspecified atom stereocenters. The van der Waals surface area contributed by atoms with Crippen molar-refractivity contribution in [2.24, 2.45) is 0 Å². The van der Waals surface area contributed by atoms with Gasteiger partial charge in [-0.2, -0.15) is 0 Å². The maximum atomic E-state index is 7.60. The van der Waals surface area contributed by atoms with Crippen LogP contribution in [0.2, 0.25) is 0 Å². The quantitative estimate of drug-likeness (QED) is 0.464. The molecule has 1 heterocycles. The fourth-order valence-electron chi connectivity index (χ4n) is 0.870. The van der Waals surface area contributed by atoms with Crippen LogP contribution in [0.15, 0.2) is 0 Å². The van der Waals surface area contributed by atoms with Crippen LogP contribution in [0.25, 0.3) is 0 Å². The van der Waals surface area contributed by atoms with Crippen LogP contribution >= 0.6 is 0 Å². The average Bonchev–Trinajstić information content (AvgIpc) is 1.78. The van der Waals surface area contributed by atoms with E-state index in [1.807, 2.05) is 6.92 Å². The average molecular weight is 116 g/mol. The molecule has 0 aromatic heterocycles. The van der Waals surface area contributed by atoms with E-state index in [0.29, 0.717) is 6.04 Å². The Morgan fingerprint density at radius 1 is 1.75 bits per heavy atom. The van der Waals surface area contributed by atoms with Crippen molar-refractivity contribution in [2.75, 3.05) is 13.1 Å². The van der Waals surface area contributed by atoms with E-state index in [4.69, 9.17) is 2.74 Å². The fraction of sp³-hybridized carbons (Fsp3) is 1.00. The topological polar surface area (TPSA) is 24.1 Å². The number of rotatable bonds is 0. The molecular weight excluding hydrogens is 100 g/mol. The molecule has 2 nitrogen and oxygen atoms in total. The highest BCUT2D eigenvalue weighted by Crippen LogP contribution is 1.90. The van der Waals surface area contributed by atoms with Gasteiger partial charge in [-0.05, 0) is 13.8 Å². The molecule has 0 saturated carbocycles. The minimum Gasteiger partial charge on any atom is -0.314 e. The molecule has 0 bridgehead atoms. The summed E-state index contributed by atoms with van der Waals surface area (Å²) in [6.07, 6.45) is 0. The molecule has 1 rings (SSSR count). The van der Waals surface area contributed by atoms with E-state index >= 15 is 0 Å². The number of nitrogens with one attached hydrogen (secondary N) is 2. The van der Waals surface area contributed by atoms with E-state index in [2.05, 4.69) is 10.6 Å². The van der Waals surface area contributed by atoms with E-state index < -0.39 is 12.5 Å². The summed E-state index contributed by atoms with van der Waals surface area (Å²) in [5, 5.41) is 5.96. The summed E-state index contributed by atoms with van der Waals surface area (Å²) in [7, 11) is 0. The lowest BCUT2D eigenvalue weighted by Crippen LogP contribution is -2.52. The first kappa shape index (κ1) is 3.85. The molecule has 48 valence electrons. The van der Waals surface area contributed by atoms with E-state index in [1.165, 1.54) is 0 Å². The van der Waals surface area contributed by atoms with Gasteiger partial charge in [0.25, 0.3) is 0 Å². The Labute approximate surface area is 53.5 Å². The molecule has 1 aliphatic rings. The molecule has 8 heavy (non-hydrogen) atoms. The Morgan fingerprint density at radius 3 is 3.00 bits per heavy atom. The van der Waals surface area contributed by atoms with Crippen molar-refractivity contribution < 1.29 is 2.74 Å². The number of hydrogen-bond acceptors (Lipinski definition) is 2. The van der Waals surface area contributed by atoms with Gasteiger partial charge < -0.3 is 10.6 Å². The zero-order chi connectivity index (χ0) is 7.78. The van der Waals surface area contributed by atoms with E-state index in [9.17, 15) is 0 Å². The largest absolute Gasteiger partial charge is 0.314 e. The third-order valence-electron chi connectivity index (χ3n) is 1.22. The normalized spacial score (nSPS) is 61.8. The van der Waals surface area contributed by atoms with Crippen LogP contribution in [0, 0.1) is 0 Å². The van der Waals surface area contributed by atoms with E-state index in [1.54, 1.807) is 6.92 Å². The predicted molar refractivity (Wildman–Crippen MR) is 34.9 cm³/mol. The summed E-state index contributed by atoms with van der Waals surface area (Å²) in [4.78, 5) is 0. The molecule has 1 saturated heterocycles. The number of piperazine rings is 1. The standard InChI is InChI=1S/C6H14N2/c1-5-3-7-4-6(2)8-5/h5-8H,3-4H2,1-2H3/i3D,5D. The molecular formula is C6H14N2. The van der Waals surface area contributed by atoms with Crippen LogP contribution < -0.4 is 10.6 Å². The monoisotopic (exact) mass is 116 g/mol. The maximum absolute atomic E-state index is 7.60. The van der Waals surface area contributed by atoms with Gasteiger partial charge in [0.1, 0.15) is 0 Å². The summed E-state index contributed by atoms with van der Waals surface area (Å²) in [6.45, 7) is 3.99. The molecule has 0 radical (unpaired) electrons. The van der Waals surface area contributed by atoms with Crippen LogP contribution in [0.3, 0.4) is 0 Å². The second-order valence-electron chi connectivity index (χ2n) is 2.28. The summed E-state index contributed by atoms with van der Waals surface area (Å²) in [6, 6.07) is -0.540. The van der Waals surface area contributed by atoms with Gasteiger partial charge in [-0.1, -0.05) is 0 Å². The van der Waals surface area contributed by atoms with Gasteiger partial charge in [0.15, 0.2) is 0 Å². The minimum absolute atomic E-state index is 0.295. The summed E-state index contributed by atoms with van der Waals surface area (Å²) in [5.41, 5.74) is 0. The Balaban J connectivity index is 2.55. The lowest BCUT2D eigenvalue weighted by molar-refractivity contribution is 0.370. The lowest BCUT2D eigenvalue weighted by atomic mass is 10.2. The molecule has 1 fully saturated rings. The zero-order valence-corrected chi connectivity index (χ0v) is 5.36. The highest BCUT2D eigenvalue weighted by Gasteiger charge is 2.11. The van der Waals surface area contributed by atoms with Crippen LogP contribution in [0.5, 0.6) is 0 Å². The van der Waals surface area contributed by atoms with Gasteiger partial charge in [0.05, 0.1) is 0 Å². The van der Waals surface area contributed by atoms with Crippen LogP contribution in [0.1, 0.15) is 16.6 Å². The molecule has 0 amide bonds. The van der Waals surface area contributed by atoms with Crippen molar-refractivity contribution >= 4 is 0 Å². The van der Waals surface area contributed by atoms with E-state index in [0.717, 1.165) is 6.54 Å². The van der Waals surface area contributed by atoms with Crippen molar-refractivity contribution in [1.29, 1.82) is 0 Å². The van der Waals surface area contributed by atoms with E-state index in [-0.39, 0.29) is 0 Å². The minimum atomic E-state index is -0.836. The van der Waals surface area contributed by atoms with Gasteiger partial charge in [0, 0.05) is 27.9 Å². The molecule has 0 aliphatic carbocycles. The first-order chi connectivity index (χ1) is 4.52. The molecule has 2 heteroatoms. The molecule has 0 aromatic carbocycles. The molecule has 1 aliphatic heterocycles. The lowest BCUT2D eigenvalue weighted by Gasteiger charge is -2.26. The van der Waals surface area contributed by atoms with Crippen LogP contribution in [-0.4, -0.2) is 25.1 Å². The Kier molecular flexibility index (Phi) is 1.19. The van der Waals surface area contributed by atoms with Gasteiger partial charge in [-0.3, -0.25) is 0 Å².